The minimum Gasteiger partial charge on any atom is -0.497 e. The molecule has 1 aromatic carbocycles. The molecule has 35 heavy (non-hydrogen) atoms. The molecule has 4 aliphatic heterocycles. The van der Waals surface area contributed by atoms with Gasteiger partial charge < -0.3 is 29.2 Å². The minimum atomic E-state index is -5.06. The van der Waals surface area contributed by atoms with Gasteiger partial charge in [-0.05, 0) is 49.4 Å². The highest BCUT2D eigenvalue weighted by Gasteiger charge is 2.45. The predicted octanol–water partition coefficient (Wildman–Crippen LogP) is -0.199. The molecule has 0 amide bonds. The Morgan fingerprint density at radius 1 is 1.23 bits per heavy atom. The van der Waals surface area contributed by atoms with Crippen LogP contribution in [0.3, 0.4) is 0 Å². The maximum Gasteiger partial charge on any atom is 0.468 e. The standard InChI is InChI=1S/C20H22N2O9S2.2H2O/c1-3-11-10-22-7-6-12(11)8-16(22)18(23)17-14-9-13(28-2)4-5-15(14)21-20-19(17)29-32(24,25)31-33(26,27)30-20;;/h3-5,9,11-12,16,18,23H,1,6-8,10H2,2H3;2*1H2/t11-,12?,16-,18-;;/m0../s1. The van der Waals surface area contributed by atoms with Crippen molar-refractivity contribution in [1.82, 2.24) is 9.88 Å². The number of methoxy groups -OCH3 is 1. The van der Waals surface area contributed by atoms with Crippen molar-refractivity contribution in [1.29, 1.82) is 0 Å². The van der Waals surface area contributed by atoms with Crippen molar-refractivity contribution in [3.8, 4) is 17.4 Å². The lowest BCUT2D eigenvalue weighted by Crippen LogP contribution is -2.54. The minimum absolute atomic E-state index is 0. The first-order valence-corrected chi connectivity index (χ1v) is 12.9. The second-order valence-corrected chi connectivity index (χ2v) is 10.8. The molecule has 0 spiro atoms. The fraction of sp³-hybridized carbons (Fsp3) is 0.450. The molecule has 6 rings (SSSR count). The highest BCUT2D eigenvalue weighted by Crippen LogP contribution is 2.48. The molecule has 2 aromatic rings. The lowest BCUT2D eigenvalue weighted by Gasteiger charge is -2.50. The monoisotopic (exact) mass is 534 g/mol. The first-order valence-electron chi connectivity index (χ1n) is 10.3. The zero-order valence-electron chi connectivity index (χ0n) is 18.6. The van der Waals surface area contributed by atoms with E-state index in [0.29, 0.717) is 35.9 Å². The zero-order chi connectivity index (χ0) is 23.5. The molecule has 13 nitrogen and oxygen atoms in total. The molecule has 2 bridgehead atoms. The van der Waals surface area contributed by atoms with Gasteiger partial charge in [-0.3, -0.25) is 4.90 Å². The molecule has 5 heterocycles. The Morgan fingerprint density at radius 3 is 2.57 bits per heavy atom. The molecule has 5 N–H and O–H groups in total. The maximum absolute atomic E-state index is 12.2. The molecule has 0 saturated carbocycles. The van der Waals surface area contributed by atoms with Crippen LogP contribution in [0.1, 0.15) is 24.5 Å². The third-order valence-electron chi connectivity index (χ3n) is 6.50. The number of pyridine rings is 1. The number of rotatable bonds is 4. The predicted molar refractivity (Wildman–Crippen MR) is 122 cm³/mol. The summed E-state index contributed by atoms with van der Waals surface area (Å²) in [6.07, 6.45) is 2.28. The zero-order valence-corrected chi connectivity index (χ0v) is 20.2. The van der Waals surface area contributed by atoms with Crippen LogP contribution in [-0.4, -0.2) is 69.0 Å². The van der Waals surface area contributed by atoms with E-state index in [2.05, 4.69) is 20.1 Å². The Labute approximate surface area is 202 Å². The van der Waals surface area contributed by atoms with Gasteiger partial charge in [-0.25, -0.2) is 4.98 Å². The number of hydrogen-bond donors (Lipinski definition) is 1. The van der Waals surface area contributed by atoms with E-state index in [1.165, 1.54) is 7.11 Å². The van der Waals surface area contributed by atoms with E-state index >= 15 is 0 Å². The average Bonchev–Trinajstić information content (AvgIpc) is 2.86. The van der Waals surface area contributed by atoms with Crippen LogP contribution < -0.4 is 13.1 Å². The van der Waals surface area contributed by atoms with Crippen molar-refractivity contribution >= 4 is 31.7 Å². The van der Waals surface area contributed by atoms with Gasteiger partial charge in [0.1, 0.15) is 5.75 Å². The van der Waals surface area contributed by atoms with Crippen LogP contribution in [0.5, 0.6) is 17.4 Å². The summed E-state index contributed by atoms with van der Waals surface area (Å²) in [4.78, 5) is 6.23. The third kappa shape index (κ3) is 4.80. The first-order chi connectivity index (χ1) is 15.6. The van der Waals surface area contributed by atoms with Crippen molar-refractivity contribution in [2.24, 2.45) is 11.8 Å². The van der Waals surface area contributed by atoms with Crippen molar-refractivity contribution < 1.29 is 49.6 Å². The Morgan fingerprint density at radius 2 is 1.94 bits per heavy atom. The van der Waals surface area contributed by atoms with E-state index in [1.807, 2.05) is 6.08 Å². The molecule has 3 saturated heterocycles. The van der Waals surface area contributed by atoms with E-state index in [9.17, 15) is 21.9 Å². The van der Waals surface area contributed by atoms with Crippen LogP contribution >= 0.6 is 0 Å². The van der Waals surface area contributed by atoms with Gasteiger partial charge >= 0.3 is 20.8 Å². The summed E-state index contributed by atoms with van der Waals surface area (Å²) in [5.41, 5.74) is 0.285. The molecule has 0 aliphatic carbocycles. The van der Waals surface area contributed by atoms with Gasteiger partial charge in [0, 0.05) is 23.5 Å². The molecular weight excluding hydrogens is 508 g/mol. The first kappa shape index (κ1) is 27.1. The van der Waals surface area contributed by atoms with E-state index < -0.39 is 38.5 Å². The van der Waals surface area contributed by atoms with E-state index in [1.54, 1.807) is 18.2 Å². The van der Waals surface area contributed by atoms with Crippen LogP contribution in [-0.2, 0) is 24.4 Å². The second kappa shape index (κ2) is 9.50. The highest BCUT2D eigenvalue weighted by molar-refractivity contribution is 7.95. The molecule has 15 heteroatoms. The van der Waals surface area contributed by atoms with Crippen molar-refractivity contribution in [3.05, 3.63) is 36.4 Å². The number of aromatic nitrogens is 1. The maximum atomic E-state index is 12.2. The number of nitrogens with zero attached hydrogens (tertiary/aromatic N) is 2. The quantitative estimate of drug-likeness (QED) is 0.508. The van der Waals surface area contributed by atoms with E-state index in [-0.39, 0.29) is 28.1 Å². The van der Waals surface area contributed by atoms with Crippen LogP contribution in [0.15, 0.2) is 30.9 Å². The normalized spacial score (nSPS) is 28.6. The summed E-state index contributed by atoms with van der Waals surface area (Å²) < 4.78 is 67.5. The van der Waals surface area contributed by atoms with Crippen molar-refractivity contribution in [2.75, 3.05) is 20.2 Å². The summed E-state index contributed by atoms with van der Waals surface area (Å²) in [6, 6.07) is 4.34. The lowest BCUT2D eigenvalue weighted by molar-refractivity contribution is -0.0448. The molecule has 4 aliphatic rings. The lowest BCUT2D eigenvalue weighted by atomic mass is 9.73. The van der Waals surface area contributed by atoms with Crippen LogP contribution in [0.25, 0.3) is 10.9 Å². The molecule has 0 radical (unpaired) electrons. The van der Waals surface area contributed by atoms with E-state index in [0.717, 1.165) is 13.0 Å². The topological polar surface area (TPSA) is 205 Å². The van der Waals surface area contributed by atoms with Crippen LogP contribution in [0, 0.1) is 11.8 Å². The summed E-state index contributed by atoms with van der Waals surface area (Å²) in [6.45, 7) is 5.37. The number of benzene rings is 1. The molecule has 3 fully saturated rings. The molecular formula is C20H26N2O11S2. The smallest absolute Gasteiger partial charge is 0.468 e. The number of fused-ring (bicyclic) bond motifs is 5. The summed E-state index contributed by atoms with van der Waals surface area (Å²) in [7, 11) is -8.61. The van der Waals surface area contributed by atoms with Gasteiger partial charge in [0.05, 0.1) is 18.7 Å². The number of aliphatic hydroxyl groups is 1. The second-order valence-electron chi connectivity index (χ2n) is 8.29. The van der Waals surface area contributed by atoms with Gasteiger partial charge in [0.15, 0.2) is 0 Å². The summed E-state index contributed by atoms with van der Waals surface area (Å²) in [5.74, 6) is -0.128. The number of aliphatic hydroxyl groups excluding tert-OH is 1. The Bertz CT molecular complexity index is 1350. The Kier molecular flexibility index (Phi) is 7.34. The van der Waals surface area contributed by atoms with Gasteiger partial charge in [0.25, 0.3) is 5.88 Å². The number of piperidine rings is 3. The van der Waals surface area contributed by atoms with Gasteiger partial charge in [-0.2, -0.15) is 16.8 Å². The van der Waals surface area contributed by atoms with Gasteiger partial charge in [-0.15, -0.1) is 6.58 Å². The molecule has 194 valence electrons. The Hall–Kier alpha value is -2.53. The fourth-order valence-electron chi connectivity index (χ4n) is 5.01. The number of hydrogen-bond acceptors (Lipinski definition) is 11. The van der Waals surface area contributed by atoms with Crippen molar-refractivity contribution in [3.63, 3.8) is 0 Å². The SMILES string of the molecule is C=C[C@H]1CN2CCC1C[C@H]2[C@H](O)c1c2c(nc3ccc(OC)cc13)OS(=O)(=O)OS(=O)(=O)O2.O.O. The Balaban J connectivity index is 0.00000171. The molecule has 1 aromatic heterocycles. The van der Waals surface area contributed by atoms with Crippen molar-refractivity contribution in [2.45, 2.75) is 25.0 Å². The van der Waals surface area contributed by atoms with Gasteiger partial charge in [-0.1, -0.05) is 9.71 Å². The van der Waals surface area contributed by atoms with Crippen LogP contribution in [0.4, 0.5) is 0 Å². The largest absolute Gasteiger partial charge is 0.497 e. The van der Waals surface area contributed by atoms with Crippen LogP contribution in [0.2, 0.25) is 0 Å². The molecule has 2 unspecified atom stereocenters. The average molecular weight is 535 g/mol. The number of ether oxygens (including phenoxy) is 1. The fourth-order valence-corrected chi connectivity index (χ4v) is 6.72. The summed E-state index contributed by atoms with van der Waals surface area (Å²) in [5, 5.41) is 11.9. The molecule has 5 atom stereocenters. The van der Waals surface area contributed by atoms with Gasteiger partial charge in [0.2, 0.25) is 5.75 Å². The highest BCUT2D eigenvalue weighted by atomic mass is 32.3. The third-order valence-corrected chi connectivity index (χ3v) is 8.57. The summed E-state index contributed by atoms with van der Waals surface area (Å²) >= 11 is 0. The van der Waals surface area contributed by atoms with E-state index in [4.69, 9.17) is 13.1 Å².